The SMILES string of the molecule is C[C@@H](NCC1CN(c2cccc(F)c2)CCO1)c1cccc2ccccc12. The van der Waals surface area contributed by atoms with Gasteiger partial charge in [0.15, 0.2) is 0 Å². The fourth-order valence-electron chi connectivity index (χ4n) is 3.80. The van der Waals surface area contributed by atoms with E-state index < -0.39 is 0 Å². The number of hydrogen-bond acceptors (Lipinski definition) is 3. The molecule has 1 heterocycles. The molecule has 3 aromatic carbocycles. The van der Waals surface area contributed by atoms with Crippen molar-refractivity contribution in [2.45, 2.75) is 19.1 Å². The highest BCUT2D eigenvalue weighted by molar-refractivity contribution is 5.86. The number of morpholine rings is 1. The molecule has 27 heavy (non-hydrogen) atoms. The van der Waals surface area contributed by atoms with Crippen LogP contribution in [-0.2, 0) is 4.74 Å². The highest BCUT2D eigenvalue weighted by Gasteiger charge is 2.22. The number of nitrogens with zero attached hydrogens (tertiary/aromatic N) is 1. The van der Waals surface area contributed by atoms with Gasteiger partial charge in [0, 0.05) is 31.4 Å². The van der Waals surface area contributed by atoms with Crippen molar-refractivity contribution >= 4 is 16.5 Å². The maximum atomic E-state index is 13.5. The van der Waals surface area contributed by atoms with E-state index in [0.717, 1.165) is 25.3 Å². The van der Waals surface area contributed by atoms with Crippen molar-refractivity contribution in [1.29, 1.82) is 0 Å². The monoisotopic (exact) mass is 364 g/mol. The average Bonchev–Trinajstić information content (AvgIpc) is 2.72. The number of anilines is 1. The molecule has 0 saturated carbocycles. The third kappa shape index (κ3) is 4.12. The van der Waals surface area contributed by atoms with E-state index in [9.17, 15) is 4.39 Å². The van der Waals surface area contributed by atoms with Crippen LogP contribution in [0.3, 0.4) is 0 Å². The maximum Gasteiger partial charge on any atom is 0.125 e. The second-order valence-corrected chi connectivity index (χ2v) is 7.12. The van der Waals surface area contributed by atoms with Gasteiger partial charge in [-0.1, -0.05) is 48.5 Å². The maximum absolute atomic E-state index is 13.5. The molecule has 3 nitrogen and oxygen atoms in total. The van der Waals surface area contributed by atoms with Gasteiger partial charge in [0.1, 0.15) is 5.82 Å². The molecular weight excluding hydrogens is 339 g/mol. The minimum Gasteiger partial charge on any atom is -0.373 e. The average molecular weight is 364 g/mol. The highest BCUT2D eigenvalue weighted by Crippen LogP contribution is 2.24. The van der Waals surface area contributed by atoms with Crippen LogP contribution in [-0.4, -0.2) is 32.3 Å². The third-order valence-corrected chi connectivity index (χ3v) is 5.25. The van der Waals surface area contributed by atoms with E-state index in [-0.39, 0.29) is 18.0 Å². The first-order chi connectivity index (χ1) is 13.2. The molecule has 1 aliphatic heterocycles. The second-order valence-electron chi connectivity index (χ2n) is 7.12. The zero-order valence-electron chi connectivity index (χ0n) is 15.6. The minimum atomic E-state index is -0.196. The number of rotatable bonds is 5. The standard InChI is InChI=1S/C23H25FN2O/c1-17(22-11-4-7-18-6-2-3-10-23(18)22)25-15-21-16-26(12-13-27-21)20-9-5-8-19(24)14-20/h2-11,14,17,21,25H,12-13,15-16H2,1H3/t17-,21?/m1/s1. The molecule has 0 spiro atoms. The van der Waals surface area contributed by atoms with Gasteiger partial charge in [-0.15, -0.1) is 0 Å². The molecule has 0 amide bonds. The van der Waals surface area contributed by atoms with Gasteiger partial charge < -0.3 is 15.0 Å². The first-order valence-electron chi connectivity index (χ1n) is 9.54. The molecule has 0 radical (unpaired) electrons. The van der Waals surface area contributed by atoms with Gasteiger partial charge in [-0.3, -0.25) is 0 Å². The van der Waals surface area contributed by atoms with Crippen molar-refractivity contribution in [2.24, 2.45) is 0 Å². The molecule has 3 aromatic rings. The van der Waals surface area contributed by atoms with E-state index in [2.05, 4.69) is 59.6 Å². The summed E-state index contributed by atoms with van der Waals surface area (Å²) in [5.74, 6) is -0.196. The highest BCUT2D eigenvalue weighted by atomic mass is 19.1. The van der Waals surface area contributed by atoms with E-state index in [1.807, 2.05) is 6.07 Å². The van der Waals surface area contributed by atoms with Crippen molar-refractivity contribution < 1.29 is 9.13 Å². The molecule has 140 valence electrons. The Hall–Kier alpha value is -2.43. The first kappa shape index (κ1) is 18.0. The molecule has 1 N–H and O–H groups in total. The van der Waals surface area contributed by atoms with Gasteiger partial charge in [-0.2, -0.15) is 0 Å². The lowest BCUT2D eigenvalue weighted by Gasteiger charge is -2.35. The van der Waals surface area contributed by atoms with Gasteiger partial charge in [-0.25, -0.2) is 4.39 Å². The summed E-state index contributed by atoms with van der Waals surface area (Å²) in [5.41, 5.74) is 2.22. The summed E-state index contributed by atoms with van der Waals surface area (Å²) in [5, 5.41) is 6.16. The smallest absolute Gasteiger partial charge is 0.125 e. The fraction of sp³-hybridized carbons (Fsp3) is 0.304. The van der Waals surface area contributed by atoms with Gasteiger partial charge in [0.05, 0.1) is 12.7 Å². The summed E-state index contributed by atoms with van der Waals surface area (Å²) >= 11 is 0. The molecule has 4 rings (SSSR count). The van der Waals surface area contributed by atoms with Crippen molar-refractivity contribution in [1.82, 2.24) is 5.32 Å². The van der Waals surface area contributed by atoms with E-state index in [4.69, 9.17) is 4.74 Å². The van der Waals surface area contributed by atoms with Crippen LogP contribution >= 0.6 is 0 Å². The van der Waals surface area contributed by atoms with Crippen LogP contribution in [0.15, 0.2) is 66.7 Å². The van der Waals surface area contributed by atoms with Crippen molar-refractivity contribution in [2.75, 3.05) is 31.1 Å². The van der Waals surface area contributed by atoms with Crippen LogP contribution in [0.2, 0.25) is 0 Å². The van der Waals surface area contributed by atoms with E-state index in [1.54, 1.807) is 12.1 Å². The van der Waals surface area contributed by atoms with Crippen LogP contribution in [0, 0.1) is 5.82 Å². The third-order valence-electron chi connectivity index (χ3n) is 5.25. The molecule has 0 aromatic heterocycles. The summed E-state index contributed by atoms with van der Waals surface area (Å²) in [6, 6.07) is 21.9. The Kier molecular flexibility index (Phi) is 5.37. The van der Waals surface area contributed by atoms with Crippen LogP contribution < -0.4 is 10.2 Å². The normalized spacial score (nSPS) is 18.6. The number of halogens is 1. The summed E-state index contributed by atoms with van der Waals surface area (Å²) in [6.07, 6.45) is 0.0828. The Bertz CT molecular complexity index is 908. The molecule has 1 aliphatic rings. The number of benzene rings is 3. The Labute approximate surface area is 159 Å². The Morgan fingerprint density at radius 3 is 2.81 bits per heavy atom. The van der Waals surface area contributed by atoms with Crippen LogP contribution in [0.4, 0.5) is 10.1 Å². The van der Waals surface area contributed by atoms with Gasteiger partial charge in [0.2, 0.25) is 0 Å². The molecule has 1 unspecified atom stereocenters. The van der Waals surface area contributed by atoms with Crippen molar-refractivity contribution in [3.05, 3.63) is 78.1 Å². The molecule has 4 heteroatoms. The number of fused-ring (bicyclic) bond motifs is 1. The first-order valence-corrected chi connectivity index (χ1v) is 9.54. The quantitative estimate of drug-likeness (QED) is 0.720. The van der Waals surface area contributed by atoms with Crippen LogP contribution in [0.25, 0.3) is 10.8 Å². The summed E-state index contributed by atoms with van der Waals surface area (Å²) in [7, 11) is 0. The second kappa shape index (κ2) is 8.07. The fourth-order valence-corrected chi connectivity index (χ4v) is 3.80. The van der Waals surface area contributed by atoms with Crippen LogP contribution in [0.5, 0.6) is 0 Å². The number of hydrogen-bond donors (Lipinski definition) is 1. The molecule has 0 aliphatic carbocycles. The number of nitrogens with one attached hydrogen (secondary N) is 1. The molecular formula is C23H25FN2O. The predicted molar refractivity (Wildman–Crippen MR) is 109 cm³/mol. The molecule has 0 bridgehead atoms. The van der Waals surface area contributed by atoms with E-state index >= 15 is 0 Å². The van der Waals surface area contributed by atoms with Crippen molar-refractivity contribution in [3.63, 3.8) is 0 Å². The van der Waals surface area contributed by atoms with Gasteiger partial charge in [0.25, 0.3) is 0 Å². The Balaban J connectivity index is 1.40. The zero-order chi connectivity index (χ0) is 18.6. The lowest BCUT2D eigenvalue weighted by molar-refractivity contribution is 0.0394. The van der Waals surface area contributed by atoms with Crippen LogP contribution in [0.1, 0.15) is 18.5 Å². The van der Waals surface area contributed by atoms with Crippen molar-refractivity contribution in [3.8, 4) is 0 Å². The largest absolute Gasteiger partial charge is 0.373 e. The Morgan fingerprint density at radius 1 is 1.11 bits per heavy atom. The predicted octanol–water partition coefficient (Wildman–Crippen LogP) is 4.53. The summed E-state index contributed by atoms with van der Waals surface area (Å²) < 4.78 is 19.5. The lowest BCUT2D eigenvalue weighted by Crippen LogP contribution is -2.47. The minimum absolute atomic E-state index is 0.0828. The topological polar surface area (TPSA) is 24.5 Å². The molecule has 2 atom stereocenters. The molecule has 1 fully saturated rings. The number of ether oxygens (including phenoxy) is 1. The summed E-state index contributed by atoms with van der Waals surface area (Å²) in [6.45, 7) is 5.16. The van der Waals surface area contributed by atoms with E-state index in [0.29, 0.717) is 6.61 Å². The van der Waals surface area contributed by atoms with Gasteiger partial charge >= 0.3 is 0 Å². The van der Waals surface area contributed by atoms with Gasteiger partial charge in [-0.05, 0) is 41.5 Å². The summed E-state index contributed by atoms with van der Waals surface area (Å²) in [4.78, 5) is 2.20. The Morgan fingerprint density at radius 2 is 1.93 bits per heavy atom. The molecule has 1 saturated heterocycles. The zero-order valence-corrected chi connectivity index (χ0v) is 15.6. The van der Waals surface area contributed by atoms with E-state index in [1.165, 1.54) is 22.4 Å². The lowest BCUT2D eigenvalue weighted by atomic mass is 9.99.